The van der Waals surface area contributed by atoms with Crippen LogP contribution in [0.1, 0.15) is 30.3 Å². The van der Waals surface area contributed by atoms with E-state index in [4.69, 9.17) is 5.73 Å². The fourth-order valence-corrected chi connectivity index (χ4v) is 3.52. The van der Waals surface area contributed by atoms with Crippen LogP contribution in [0.3, 0.4) is 0 Å². The Morgan fingerprint density at radius 2 is 2.14 bits per heavy atom. The highest BCUT2D eigenvalue weighted by molar-refractivity contribution is 7.99. The van der Waals surface area contributed by atoms with Gasteiger partial charge < -0.3 is 5.73 Å². The van der Waals surface area contributed by atoms with Gasteiger partial charge in [-0.1, -0.05) is 0 Å². The SMILES string of the molecule is C[C@H](SCc1nn(-c2ccc(F)cc2)c2c1CCC2)C(N)=O. The monoisotopic (exact) mass is 319 g/mol. The Bertz CT molecular complexity index is 696. The molecule has 0 radical (unpaired) electrons. The number of halogens is 1. The molecule has 0 fully saturated rings. The van der Waals surface area contributed by atoms with Crippen LogP contribution in [-0.4, -0.2) is 20.9 Å². The van der Waals surface area contributed by atoms with E-state index in [0.29, 0.717) is 5.75 Å². The van der Waals surface area contributed by atoms with Crippen LogP contribution in [-0.2, 0) is 23.4 Å². The second-order valence-electron chi connectivity index (χ2n) is 5.47. The van der Waals surface area contributed by atoms with Crippen LogP contribution in [0.15, 0.2) is 24.3 Å². The van der Waals surface area contributed by atoms with Gasteiger partial charge >= 0.3 is 0 Å². The topological polar surface area (TPSA) is 60.9 Å². The lowest BCUT2D eigenvalue weighted by atomic mass is 10.2. The third kappa shape index (κ3) is 2.88. The molecule has 2 aromatic rings. The zero-order chi connectivity index (χ0) is 15.7. The number of primary amides is 1. The van der Waals surface area contributed by atoms with Crippen molar-refractivity contribution >= 4 is 17.7 Å². The molecule has 0 aliphatic heterocycles. The number of thioether (sulfide) groups is 1. The molecule has 6 heteroatoms. The number of amides is 1. The number of fused-ring (bicyclic) bond motifs is 1. The minimum absolute atomic E-state index is 0.229. The van der Waals surface area contributed by atoms with Crippen molar-refractivity contribution in [3.05, 3.63) is 47.0 Å². The molecule has 0 saturated carbocycles. The molecule has 0 saturated heterocycles. The highest BCUT2D eigenvalue weighted by Crippen LogP contribution is 2.30. The van der Waals surface area contributed by atoms with E-state index in [1.807, 2.05) is 11.6 Å². The van der Waals surface area contributed by atoms with E-state index >= 15 is 0 Å². The number of rotatable bonds is 5. The summed E-state index contributed by atoms with van der Waals surface area (Å²) in [5.41, 5.74) is 9.66. The number of carbonyl (C=O) groups is 1. The van der Waals surface area contributed by atoms with Crippen LogP contribution >= 0.6 is 11.8 Å². The third-order valence-corrected chi connectivity index (χ3v) is 5.13. The maximum atomic E-state index is 13.1. The predicted molar refractivity (Wildman–Crippen MR) is 85.5 cm³/mol. The molecule has 2 N–H and O–H groups in total. The summed E-state index contributed by atoms with van der Waals surface area (Å²) in [6, 6.07) is 6.37. The van der Waals surface area contributed by atoms with Gasteiger partial charge in [0.25, 0.3) is 0 Å². The molecule has 0 unspecified atom stereocenters. The molecular formula is C16H18FN3OS. The maximum Gasteiger partial charge on any atom is 0.230 e. The average Bonchev–Trinajstić information content (AvgIpc) is 3.08. The Hall–Kier alpha value is -1.82. The Kier molecular flexibility index (Phi) is 4.20. The van der Waals surface area contributed by atoms with Gasteiger partial charge in [0.2, 0.25) is 5.91 Å². The standard InChI is InChI=1S/C16H18FN3OS/c1-10(16(18)21)22-9-14-13-3-2-4-15(13)20(19-14)12-7-5-11(17)6-8-12/h5-8,10H,2-4,9H2,1H3,(H2,18,21)/t10-/m0/s1. The van der Waals surface area contributed by atoms with Crippen molar-refractivity contribution in [2.24, 2.45) is 5.73 Å². The van der Waals surface area contributed by atoms with E-state index < -0.39 is 0 Å². The predicted octanol–water partition coefficient (Wildman–Crippen LogP) is 2.61. The minimum atomic E-state index is -0.306. The summed E-state index contributed by atoms with van der Waals surface area (Å²) in [6.45, 7) is 1.81. The van der Waals surface area contributed by atoms with Crippen LogP contribution in [0.2, 0.25) is 0 Å². The lowest BCUT2D eigenvalue weighted by molar-refractivity contribution is -0.117. The number of aromatic nitrogens is 2. The summed E-state index contributed by atoms with van der Waals surface area (Å²) < 4.78 is 15.0. The zero-order valence-corrected chi connectivity index (χ0v) is 13.2. The first-order valence-electron chi connectivity index (χ1n) is 7.33. The number of hydrogen-bond donors (Lipinski definition) is 1. The number of nitrogens with two attached hydrogens (primary N) is 1. The smallest absolute Gasteiger partial charge is 0.230 e. The van der Waals surface area contributed by atoms with Crippen LogP contribution in [0.4, 0.5) is 4.39 Å². The van der Waals surface area contributed by atoms with Crippen LogP contribution in [0.25, 0.3) is 5.69 Å². The lowest BCUT2D eigenvalue weighted by Gasteiger charge is -2.06. The van der Waals surface area contributed by atoms with Gasteiger partial charge in [-0.25, -0.2) is 9.07 Å². The fourth-order valence-electron chi connectivity index (χ4n) is 2.71. The van der Waals surface area contributed by atoms with Gasteiger partial charge in [-0.2, -0.15) is 5.10 Å². The second kappa shape index (κ2) is 6.12. The number of nitrogens with zero attached hydrogens (tertiary/aromatic N) is 2. The number of benzene rings is 1. The van der Waals surface area contributed by atoms with Gasteiger partial charge in [-0.15, -0.1) is 11.8 Å². The highest BCUT2D eigenvalue weighted by Gasteiger charge is 2.23. The zero-order valence-electron chi connectivity index (χ0n) is 12.4. The number of carbonyl (C=O) groups excluding carboxylic acids is 1. The van der Waals surface area contributed by atoms with Gasteiger partial charge in [0.15, 0.2) is 0 Å². The van der Waals surface area contributed by atoms with Gasteiger partial charge in [-0.3, -0.25) is 4.79 Å². The van der Waals surface area contributed by atoms with Crippen molar-refractivity contribution in [3.63, 3.8) is 0 Å². The van der Waals surface area contributed by atoms with Gasteiger partial charge in [0.1, 0.15) is 5.82 Å². The largest absolute Gasteiger partial charge is 0.369 e. The average molecular weight is 319 g/mol. The number of hydrogen-bond acceptors (Lipinski definition) is 3. The van der Waals surface area contributed by atoms with Crippen molar-refractivity contribution in [2.75, 3.05) is 0 Å². The molecular weight excluding hydrogens is 301 g/mol. The van der Waals surface area contributed by atoms with Crippen molar-refractivity contribution < 1.29 is 9.18 Å². The Labute approximate surface area is 132 Å². The van der Waals surface area contributed by atoms with Crippen molar-refractivity contribution in [1.29, 1.82) is 0 Å². The summed E-state index contributed by atoms with van der Waals surface area (Å²) in [5, 5.41) is 4.46. The summed E-state index contributed by atoms with van der Waals surface area (Å²) in [5.74, 6) is 0.110. The van der Waals surface area contributed by atoms with Crippen LogP contribution in [0.5, 0.6) is 0 Å². The molecule has 1 amide bonds. The Morgan fingerprint density at radius 3 is 2.82 bits per heavy atom. The molecule has 0 bridgehead atoms. The molecule has 1 aliphatic rings. The molecule has 1 atom stereocenters. The summed E-state index contributed by atoms with van der Waals surface area (Å²) in [4.78, 5) is 11.2. The first kappa shape index (κ1) is 15.1. The van der Waals surface area contributed by atoms with Crippen molar-refractivity contribution in [1.82, 2.24) is 9.78 Å². The van der Waals surface area contributed by atoms with Crippen molar-refractivity contribution in [2.45, 2.75) is 37.2 Å². The normalized spacial score (nSPS) is 14.8. The molecule has 3 rings (SSSR count). The lowest BCUT2D eigenvalue weighted by Crippen LogP contribution is -2.22. The molecule has 116 valence electrons. The van der Waals surface area contributed by atoms with E-state index in [9.17, 15) is 9.18 Å². The summed E-state index contributed by atoms with van der Waals surface area (Å²) >= 11 is 1.50. The van der Waals surface area contributed by atoms with E-state index in [2.05, 4.69) is 5.10 Å². The van der Waals surface area contributed by atoms with Gasteiger partial charge in [0, 0.05) is 11.4 Å². The first-order valence-corrected chi connectivity index (χ1v) is 8.37. The third-order valence-electron chi connectivity index (χ3n) is 3.96. The molecule has 0 spiro atoms. The first-order chi connectivity index (χ1) is 10.6. The highest BCUT2D eigenvalue weighted by atomic mass is 32.2. The van der Waals surface area contributed by atoms with E-state index in [-0.39, 0.29) is 17.0 Å². The van der Waals surface area contributed by atoms with Gasteiger partial charge in [0.05, 0.1) is 16.6 Å². The van der Waals surface area contributed by atoms with E-state index in [1.54, 1.807) is 12.1 Å². The van der Waals surface area contributed by atoms with Crippen LogP contribution < -0.4 is 5.73 Å². The van der Waals surface area contributed by atoms with Crippen molar-refractivity contribution in [3.8, 4) is 5.69 Å². The summed E-state index contributed by atoms with van der Waals surface area (Å²) in [6.07, 6.45) is 3.10. The summed E-state index contributed by atoms with van der Waals surface area (Å²) in [7, 11) is 0. The second-order valence-corrected chi connectivity index (χ2v) is 6.80. The fraction of sp³-hybridized carbons (Fsp3) is 0.375. The van der Waals surface area contributed by atoms with E-state index in [0.717, 1.165) is 30.6 Å². The molecule has 1 aromatic heterocycles. The maximum absolute atomic E-state index is 13.1. The Balaban J connectivity index is 1.88. The van der Waals surface area contributed by atoms with Crippen LogP contribution in [0, 0.1) is 5.82 Å². The molecule has 4 nitrogen and oxygen atoms in total. The van der Waals surface area contributed by atoms with E-state index in [1.165, 1.54) is 35.2 Å². The molecule has 1 aliphatic carbocycles. The Morgan fingerprint density at radius 1 is 1.41 bits per heavy atom. The van der Waals surface area contributed by atoms with Gasteiger partial charge in [-0.05, 0) is 56.0 Å². The minimum Gasteiger partial charge on any atom is -0.369 e. The molecule has 22 heavy (non-hydrogen) atoms. The quantitative estimate of drug-likeness (QED) is 0.921. The molecule has 1 aromatic carbocycles. The molecule has 1 heterocycles.